The molecule has 0 radical (unpaired) electrons. The normalized spacial score (nSPS) is 12.7. The van der Waals surface area contributed by atoms with Gasteiger partial charge in [0.1, 0.15) is 5.75 Å². The largest absolute Gasteiger partial charge is 0.497 e. The number of rotatable bonds is 6. The van der Waals surface area contributed by atoms with E-state index in [2.05, 4.69) is 24.0 Å². The zero-order valence-electron chi connectivity index (χ0n) is 12.2. The molecule has 0 amide bonds. The van der Waals surface area contributed by atoms with Gasteiger partial charge in [0.2, 0.25) is 11.7 Å². The molecule has 1 aromatic carbocycles. The lowest BCUT2D eigenvalue weighted by atomic mass is 9.97. The number of ether oxygens (including phenoxy) is 1. The zero-order valence-corrected chi connectivity index (χ0v) is 12.2. The van der Waals surface area contributed by atoms with Crippen molar-refractivity contribution >= 4 is 0 Å². The monoisotopic (exact) mass is 275 g/mol. The first-order valence-electron chi connectivity index (χ1n) is 6.82. The maximum atomic E-state index is 5.80. The van der Waals surface area contributed by atoms with Crippen LogP contribution in [0, 0.1) is 5.92 Å². The molecule has 1 heterocycles. The second-order valence-corrected chi connectivity index (χ2v) is 5.25. The zero-order chi connectivity index (χ0) is 14.5. The van der Waals surface area contributed by atoms with Crippen LogP contribution < -0.4 is 10.5 Å². The van der Waals surface area contributed by atoms with Crippen LogP contribution in [0.3, 0.4) is 0 Å². The quantitative estimate of drug-likeness (QED) is 0.877. The molecule has 1 unspecified atom stereocenters. The maximum Gasteiger partial charge on any atom is 0.231 e. The minimum atomic E-state index is 0.113. The molecule has 108 valence electrons. The first-order valence-corrected chi connectivity index (χ1v) is 6.82. The van der Waals surface area contributed by atoms with Gasteiger partial charge in [0.25, 0.3) is 0 Å². The lowest BCUT2D eigenvalue weighted by molar-refractivity contribution is 0.335. The van der Waals surface area contributed by atoms with Gasteiger partial charge in [-0.05, 0) is 24.5 Å². The van der Waals surface area contributed by atoms with Crippen LogP contribution in [0.25, 0.3) is 11.4 Å². The second-order valence-electron chi connectivity index (χ2n) is 5.25. The number of hydrogen-bond acceptors (Lipinski definition) is 5. The van der Waals surface area contributed by atoms with Gasteiger partial charge in [-0.1, -0.05) is 31.1 Å². The highest BCUT2D eigenvalue weighted by molar-refractivity contribution is 5.56. The summed E-state index contributed by atoms with van der Waals surface area (Å²) in [5.41, 5.74) is 6.67. The van der Waals surface area contributed by atoms with Crippen LogP contribution in [-0.2, 0) is 0 Å². The molecule has 2 aromatic rings. The molecule has 0 aliphatic rings. The summed E-state index contributed by atoms with van der Waals surface area (Å²) >= 11 is 0. The molecule has 1 atom stereocenters. The van der Waals surface area contributed by atoms with Gasteiger partial charge in [-0.15, -0.1) is 0 Å². The Labute approximate surface area is 119 Å². The predicted octanol–water partition coefficient (Wildman–Crippen LogP) is 2.83. The van der Waals surface area contributed by atoms with E-state index in [0.717, 1.165) is 17.7 Å². The lowest BCUT2D eigenvalue weighted by Gasteiger charge is -2.11. The van der Waals surface area contributed by atoms with Crippen molar-refractivity contribution < 1.29 is 9.26 Å². The van der Waals surface area contributed by atoms with E-state index in [1.165, 1.54) is 0 Å². The molecule has 2 rings (SSSR count). The third kappa shape index (κ3) is 3.36. The molecular formula is C15H21N3O2. The van der Waals surface area contributed by atoms with E-state index in [9.17, 15) is 0 Å². The van der Waals surface area contributed by atoms with E-state index in [1.807, 2.05) is 24.3 Å². The molecule has 0 saturated carbocycles. The highest BCUT2D eigenvalue weighted by atomic mass is 16.5. The molecule has 2 N–H and O–H groups in total. The fraction of sp³-hybridized carbons (Fsp3) is 0.467. The maximum absolute atomic E-state index is 5.80. The number of benzene rings is 1. The predicted molar refractivity (Wildman–Crippen MR) is 77.5 cm³/mol. The molecule has 0 aliphatic heterocycles. The standard InChI is InChI=1S/C15H21N3O2/c1-10(2)7-12(9-16)15-17-14(18-20-15)11-5-4-6-13(8-11)19-3/h4-6,8,10,12H,7,9,16H2,1-3H3. The molecule has 0 saturated heterocycles. The molecule has 5 nitrogen and oxygen atoms in total. The Morgan fingerprint density at radius 1 is 1.35 bits per heavy atom. The average Bonchev–Trinajstić information content (AvgIpc) is 2.94. The van der Waals surface area contributed by atoms with Gasteiger partial charge in [-0.2, -0.15) is 4.98 Å². The SMILES string of the molecule is COc1cccc(-c2noc(C(CN)CC(C)C)n2)c1. The van der Waals surface area contributed by atoms with Gasteiger partial charge < -0.3 is 15.0 Å². The number of hydrogen-bond donors (Lipinski definition) is 1. The van der Waals surface area contributed by atoms with Crippen molar-refractivity contribution in [2.45, 2.75) is 26.2 Å². The van der Waals surface area contributed by atoms with E-state index < -0.39 is 0 Å². The van der Waals surface area contributed by atoms with Crippen molar-refractivity contribution in [3.8, 4) is 17.1 Å². The summed E-state index contributed by atoms with van der Waals surface area (Å²) in [5.74, 6) is 2.60. The topological polar surface area (TPSA) is 74.2 Å². The van der Waals surface area contributed by atoms with Crippen LogP contribution >= 0.6 is 0 Å². The van der Waals surface area contributed by atoms with Crippen molar-refractivity contribution in [1.82, 2.24) is 10.1 Å². The van der Waals surface area contributed by atoms with Gasteiger partial charge in [-0.25, -0.2) is 0 Å². The minimum Gasteiger partial charge on any atom is -0.497 e. The summed E-state index contributed by atoms with van der Waals surface area (Å²) < 4.78 is 10.6. The highest BCUT2D eigenvalue weighted by Gasteiger charge is 2.19. The first kappa shape index (κ1) is 14.5. The van der Waals surface area contributed by atoms with Crippen LogP contribution in [0.1, 0.15) is 32.1 Å². The van der Waals surface area contributed by atoms with Gasteiger partial charge >= 0.3 is 0 Å². The Balaban J connectivity index is 2.23. The molecule has 1 aromatic heterocycles. The summed E-state index contributed by atoms with van der Waals surface area (Å²) in [6.45, 7) is 4.82. The van der Waals surface area contributed by atoms with Crippen LogP contribution in [-0.4, -0.2) is 23.8 Å². The number of methoxy groups -OCH3 is 1. The van der Waals surface area contributed by atoms with E-state index in [1.54, 1.807) is 7.11 Å². The van der Waals surface area contributed by atoms with Crippen molar-refractivity contribution in [3.63, 3.8) is 0 Å². The van der Waals surface area contributed by atoms with E-state index in [0.29, 0.717) is 24.2 Å². The Morgan fingerprint density at radius 3 is 2.80 bits per heavy atom. The highest BCUT2D eigenvalue weighted by Crippen LogP contribution is 2.25. The Kier molecular flexibility index (Phi) is 4.74. The Bertz CT molecular complexity index is 552. The fourth-order valence-corrected chi connectivity index (χ4v) is 2.15. The van der Waals surface area contributed by atoms with Crippen molar-refractivity contribution in [2.75, 3.05) is 13.7 Å². The van der Waals surface area contributed by atoms with E-state index >= 15 is 0 Å². The van der Waals surface area contributed by atoms with Gasteiger partial charge in [0, 0.05) is 12.1 Å². The average molecular weight is 275 g/mol. The Hall–Kier alpha value is -1.88. The lowest BCUT2D eigenvalue weighted by Crippen LogP contribution is -2.15. The fourth-order valence-electron chi connectivity index (χ4n) is 2.15. The summed E-state index contributed by atoms with van der Waals surface area (Å²) in [5, 5.41) is 4.04. The van der Waals surface area contributed by atoms with Crippen LogP contribution in [0.4, 0.5) is 0 Å². The van der Waals surface area contributed by atoms with Crippen molar-refractivity contribution in [2.24, 2.45) is 11.7 Å². The molecule has 20 heavy (non-hydrogen) atoms. The van der Waals surface area contributed by atoms with Crippen molar-refractivity contribution in [1.29, 1.82) is 0 Å². The first-order chi connectivity index (χ1) is 9.63. The minimum absolute atomic E-state index is 0.113. The number of nitrogens with zero attached hydrogens (tertiary/aromatic N) is 2. The number of nitrogens with two attached hydrogens (primary N) is 1. The third-order valence-electron chi connectivity index (χ3n) is 3.16. The Morgan fingerprint density at radius 2 is 2.15 bits per heavy atom. The van der Waals surface area contributed by atoms with Gasteiger partial charge in [0.05, 0.1) is 13.0 Å². The van der Waals surface area contributed by atoms with Crippen LogP contribution in [0.5, 0.6) is 5.75 Å². The number of aromatic nitrogens is 2. The van der Waals surface area contributed by atoms with E-state index in [-0.39, 0.29) is 5.92 Å². The van der Waals surface area contributed by atoms with Crippen molar-refractivity contribution in [3.05, 3.63) is 30.2 Å². The summed E-state index contributed by atoms with van der Waals surface area (Å²) in [4.78, 5) is 4.47. The molecule has 0 bridgehead atoms. The van der Waals surface area contributed by atoms with Gasteiger partial charge in [0.15, 0.2) is 0 Å². The molecular weight excluding hydrogens is 254 g/mol. The molecule has 0 spiro atoms. The second kappa shape index (κ2) is 6.52. The molecule has 5 heteroatoms. The van der Waals surface area contributed by atoms with E-state index in [4.69, 9.17) is 15.0 Å². The third-order valence-corrected chi connectivity index (χ3v) is 3.16. The van der Waals surface area contributed by atoms with Gasteiger partial charge in [-0.3, -0.25) is 0 Å². The summed E-state index contributed by atoms with van der Waals surface area (Å²) in [7, 11) is 1.63. The summed E-state index contributed by atoms with van der Waals surface area (Å²) in [6.07, 6.45) is 0.941. The molecule has 0 aliphatic carbocycles. The van der Waals surface area contributed by atoms with Crippen LogP contribution in [0.15, 0.2) is 28.8 Å². The van der Waals surface area contributed by atoms with Crippen LogP contribution in [0.2, 0.25) is 0 Å². The molecule has 0 fully saturated rings. The smallest absolute Gasteiger partial charge is 0.231 e. The summed E-state index contributed by atoms with van der Waals surface area (Å²) in [6, 6.07) is 7.59.